The van der Waals surface area contributed by atoms with Gasteiger partial charge < -0.3 is 9.73 Å². The van der Waals surface area contributed by atoms with E-state index in [1.807, 2.05) is 32.9 Å². The van der Waals surface area contributed by atoms with E-state index in [0.29, 0.717) is 17.1 Å². The Morgan fingerprint density at radius 3 is 2.29 bits per heavy atom. The first-order chi connectivity index (χ1) is 9.92. The van der Waals surface area contributed by atoms with Gasteiger partial charge in [0.05, 0.1) is 6.07 Å². The molecule has 0 spiro atoms. The molecule has 0 fully saturated rings. The quantitative estimate of drug-likeness (QED) is 0.936. The van der Waals surface area contributed by atoms with Gasteiger partial charge in [0.1, 0.15) is 11.5 Å². The largest absolute Gasteiger partial charge is 0.463 e. The highest BCUT2D eigenvalue weighted by Gasteiger charge is 2.20. The summed E-state index contributed by atoms with van der Waals surface area (Å²) in [4.78, 5) is 12.4. The molecule has 108 valence electrons. The number of furan rings is 1. The van der Waals surface area contributed by atoms with Crippen molar-refractivity contribution in [3.05, 3.63) is 58.0 Å². The van der Waals surface area contributed by atoms with Crippen molar-refractivity contribution >= 4 is 5.91 Å². The van der Waals surface area contributed by atoms with E-state index >= 15 is 0 Å². The van der Waals surface area contributed by atoms with Crippen molar-refractivity contribution < 1.29 is 9.21 Å². The third-order valence-corrected chi connectivity index (χ3v) is 3.35. The van der Waals surface area contributed by atoms with Gasteiger partial charge in [-0.1, -0.05) is 17.7 Å². The van der Waals surface area contributed by atoms with Crippen LogP contribution in [0, 0.1) is 39.0 Å². The molecule has 21 heavy (non-hydrogen) atoms. The lowest BCUT2D eigenvalue weighted by molar-refractivity contribution is 0.0940. The summed E-state index contributed by atoms with van der Waals surface area (Å²) in [6.45, 7) is 7.58. The third-order valence-electron chi connectivity index (χ3n) is 3.35. The monoisotopic (exact) mass is 282 g/mol. The number of amides is 1. The highest BCUT2D eigenvalue weighted by Crippen LogP contribution is 2.20. The molecule has 2 aromatic rings. The summed E-state index contributed by atoms with van der Waals surface area (Å²) in [7, 11) is 0. The Labute approximate surface area is 124 Å². The lowest BCUT2D eigenvalue weighted by Crippen LogP contribution is -2.28. The summed E-state index contributed by atoms with van der Waals surface area (Å²) in [5.74, 6) is 0.901. The first-order valence-corrected chi connectivity index (χ1v) is 6.77. The highest BCUT2D eigenvalue weighted by molar-refractivity contribution is 5.97. The van der Waals surface area contributed by atoms with Gasteiger partial charge in [-0.3, -0.25) is 4.79 Å². The van der Waals surface area contributed by atoms with Crippen LogP contribution >= 0.6 is 0 Å². The lowest BCUT2D eigenvalue weighted by atomic mass is 9.99. The molecule has 0 aliphatic rings. The van der Waals surface area contributed by atoms with Crippen LogP contribution in [-0.4, -0.2) is 5.91 Å². The molecule has 0 bridgehead atoms. The van der Waals surface area contributed by atoms with Gasteiger partial charge in [0, 0.05) is 5.56 Å². The van der Waals surface area contributed by atoms with Crippen LogP contribution in [0.15, 0.2) is 28.7 Å². The van der Waals surface area contributed by atoms with E-state index < -0.39 is 6.04 Å². The van der Waals surface area contributed by atoms with Crippen LogP contribution in [0.4, 0.5) is 0 Å². The average Bonchev–Trinajstić information content (AvgIpc) is 2.81. The number of nitrogens with one attached hydrogen (secondary N) is 1. The van der Waals surface area contributed by atoms with Crippen LogP contribution in [-0.2, 0) is 0 Å². The molecule has 4 nitrogen and oxygen atoms in total. The summed E-state index contributed by atoms with van der Waals surface area (Å²) in [5, 5.41) is 12.0. The second kappa shape index (κ2) is 5.84. The zero-order valence-corrected chi connectivity index (χ0v) is 12.7. The first kappa shape index (κ1) is 14.9. The Kier molecular flexibility index (Phi) is 4.13. The van der Waals surface area contributed by atoms with Crippen molar-refractivity contribution in [1.82, 2.24) is 5.32 Å². The van der Waals surface area contributed by atoms with Gasteiger partial charge in [0.2, 0.25) is 0 Å². The molecule has 1 aromatic carbocycles. The van der Waals surface area contributed by atoms with E-state index in [-0.39, 0.29) is 5.91 Å². The molecule has 1 aromatic heterocycles. The number of hydrogen-bond acceptors (Lipinski definition) is 3. The van der Waals surface area contributed by atoms with Crippen molar-refractivity contribution in [2.75, 3.05) is 0 Å². The van der Waals surface area contributed by atoms with Gasteiger partial charge in [-0.15, -0.1) is 0 Å². The predicted molar refractivity (Wildman–Crippen MR) is 79.9 cm³/mol. The fourth-order valence-electron chi connectivity index (χ4n) is 2.52. The molecular formula is C17H18N2O2. The molecule has 4 heteroatoms. The molecule has 0 aliphatic carbocycles. The summed E-state index contributed by atoms with van der Waals surface area (Å²) in [5.41, 5.74) is 3.53. The summed E-state index contributed by atoms with van der Waals surface area (Å²) < 4.78 is 5.42. The first-order valence-electron chi connectivity index (χ1n) is 6.77. The van der Waals surface area contributed by atoms with Crippen molar-refractivity contribution in [1.29, 1.82) is 5.26 Å². The molecule has 0 aliphatic heterocycles. The Hall–Kier alpha value is -2.54. The van der Waals surface area contributed by atoms with Crippen LogP contribution in [0.3, 0.4) is 0 Å². The Morgan fingerprint density at radius 1 is 1.19 bits per heavy atom. The van der Waals surface area contributed by atoms with Crippen LogP contribution in [0.5, 0.6) is 0 Å². The number of hydrogen-bond donors (Lipinski definition) is 1. The van der Waals surface area contributed by atoms with Crippen molar-refractivity contribution in [3.63, 3.8) is 0 Å². The Balaban J connectivity index is 2.27. The molecule has 1 amide bonds. The summed E-state index contributed by atoms with van der Waals surface area (Å²) >= 11 is 0. The standard InChI is InChI=1S/C17H18N2O2/c1-10-7-11(2)16(12(3)8-10)17(20)19-14(9-18)15-6-5-13(4)21-15/h5-8,14H,1-4H3,(H,19,20). The molecule has 1 heterocycles. The minimum Gasteiger partial charge on any atom is -0.463 e. The third kappa shape index (κ3) is 3.14. The molecule has 0 saturated heterocycles. The Bertz CT molecular complexity index is 700. The fraction of sp³-hybridized carbons (Fsp3) is 0.294. The smallest absolute Gasteiger partial charge is 0.253 e. The minimum atomic E-state index is -0.786. The van der Waals surface area contributed by atoms with Gasteiger partial charge in [-0.05, 0) is 51.0 Å². The maximum absolute atomic E-state index is 12.4. The van der Waals surface area contributed by atoms with Gasteiger partial charge >= 0.3 is 0 Å². The van der Waals surface area contributed by atoms with Gasteiger partial charge in [-0.25, -0.2) is 0 Å². The van der Waals surface area contributed by atoms with E-state index in [0.717, 1.165) is 16.7 Å². The number of benzene rings is 1. The van der Waals surface area contributed by atoms with Crippen molar-refractivity contribution in [2.24, 2.45) is 0 Å². The van der Waals surface area contributed by atoms with E-state index in [4.69, 9.17) is 4.42 Å². The predicted octanol–water partition coefficient (Wildman–Crippen LogP) is 3.51. The van der Waals surface area contributed by atoms with Crippen LogP contribution in [0.2, 0.25) is 0 Å². The molecule has 0 saturated carbocycles. The zero-order chi connectivity index (χ0) is 15.6. The number of nitrogens with zero attached hydrogens (tertiary/aromatic N) is 1. The second-order valence-electron chi connectivity index (χ2n) is 5.26. The van der Waals surface area contributed by atoms with E-state index in [1.165, 1.54) is 0 Å². The summed E-state index contributed by atoms with van der Waals surface area (Å²) in [6, 6.07) is 8.67. The zero-order valence-electron chi connectivity index (χ0n) is 12.7. The van der Waals surface area contributed by atoms with Crippen molar-refractivity contribution in [3.8, 4) is 6.07 Å². The van der Waals surface area contributed by atoms with E-state index in [2.05, 4.69) is 11.4 Å². The molecule has 1 N–H and O–H groups in total. The SMILES string of the molecule is Cc1cc(C)c(C(=O)NC(C#N)c2ccc(C)o2)c(C)c1. The molecule has 1 atom stereocenters. The topological polar surface area (TPSA) is 66.0 Å². The Morgan fingerprint density at radius 2 is 1.81 bits per heavy atom. The van der Waals surface area contributed by atoms with Crippen LogP contribution < -0.4 is 5.32 Å². The molecular weight excluding hydrogens is 264 g/mol. The maximum atomic E-state index is 12.4. The fourth-order valence-corrected chi connectivity index (χ4v) is 2.52. The minimum absolute atomic E-state index is 0.259. The van der Waals surface area contributed by atoms with Gasteiger partial charge in [0.15, 0.2) is 6.04 Å². The highest BCUT2D eigenvalue weighted by atomic mass is 16.3. The van der Waals surface area contributed by atoms with Gasteiger partial charge in [0.25, 0.3) is 5.91 Å². The van der Waals surface area contributed by atoms with E-state index in [9.17, 15) is 10.1 Å². The van der Waals surface area contributed by atoms with Crippen LogP contribution in [0.25, 0.3) is 0 Å². The van der Waals surface area contributed by atoms with Crippen LogP contribution in [0.1, 0.15) is 44.6 Å². The number of rotatable bonds is 3. The molecule has 2 rings (SSSR count). The number of carbonyl (C=O) groups is 1. The summed E-state index contributed by atoms with van der Waals surface area (Å²) in [6.07, 6.45) is 0. The molecule has 1 unspecified atom stereocenters. The normalized spacial score (nSPS) is 11.8. The maximum Gasteiger partial charge on any atom is 0.253 e. The van der Waals surface area contributed by atoms with Crippen molar-refractivity contribution in [2.45, 2.75) is 33.7 Å². The van der Waals surface area contributed by atoms with E-state index in [1.54, 1.807) is 19.1 Å². The lowest BCUT2D eigenvalue weighted by Gasteiger charge is -2.14. The number of carbonyl (C=O) groups excluding carboxylic acids is 1. The molecule has 0 radical (unpaired) electrons. The number of aryl methyl sites for hydroxylation is 4. The second-order valence-corrected chi connectivity index (χ2v) is 5.26. The average molecular weight is 282 g/mol. The van der Waals surface area contributed by atoms with Gasteiger partial charge in [-0.2, -0.15) is 5.26 Å². The number of nitriles is 1.